The Morgan fingerprint density at radius 2 is 1.91 bits per heavy atom. The summed E-state index contributed by atoms with van der Waals surface area (Å²) in [5.74, 6) is 0.455. The number of benzene rings is 2. The molecule has 0 atom stereocenters. The van der Waals surface area contributed by atoms with Crippen LogP contribution in [0, 0.1) is 6.92 Å². The monoisotopic (exact) mass is 438 g/mol. The second-order valence-corrected chi connectivity index (χ2v) is 8.60. The van der Waals surface area contributed by atoms with Gasteiger partial charge in [0.15, 0.2) is 5.65 Å². The number of hydrogen-bond acceptors (Lipinski definition) is 6. The largest absolute Gasteiger partial charge is 0.508 e. The molecule has 33 heavy (non-hydrogen) atoms. The van der Waals surface area contributed by atoms with Crippen LogP contribution in [-0.2, 0) is 6.54 Å². The maximum absolute atomic E-state index is 13.5. The molecule has 1 fully saturated rings. The number of aromatic hydroxyl groups is 1. The van der Waals surface area contributed by atoms with Gasteiger partial charge in [-0.05, 0) is 48.9 Å². The number of phenols is 1. The van der Waals surface area contributed by atoms with Gasteiger partial charge >= 0.3 is 0 Å². The Bertz CT molecular complexity index is 1610. The van der Waals surface area contributed by atoms with E-state index in [-0.39, 0.29) is 17.4 Å². The highest BCUT2D eigenvalue weighted by Crippen LogP contribution is 2.36. The fourth-order valence-electron chi connectivity index (χ4n) is 4.61. The summed E-state index contributed by atoms with van der Waals surface area (Å²) in [6.45, 7) is 2.34. The van der Waals surface area contributed by atoms with Gasteiger partial charge in [0.2, 0.25) is 0 Å². The minimum atomic E-state index is 0.0434. The molecule has 5 aromatic rings. The molecule has 0 aliphatic heterocycles. The fraction of sp³-hybridized carbons (Fsp3) is 0.200. The molecule has 3 heterocycles. The van der Waals surface area contributed by atoms with Crippen LogP contribution in [0.15, 0.2) is 59.7 Å². The van der Waals surface area contributed by atoms with Gasteiger partial charge in [-0.1, -0.05) is 30.3 Å². The summed E-state index contributed by atoms with van der Waals surface area (Å²) in [6, 6.07) is 15.1. The highest BCUT2D eigenvalue weighted by molar-refractivity contribution is 5.98. The molecule has 6 rings (SSSR count). The van der Waals surface area contributed by atoms with Crippen LogP contribution < -0.4 is 11.3 Å². The van der Waals surface area contributed by atoms with E-state index in [0.717, 1.165) is 34.9 Å². The van der Waals surface area contributed by atoms with Crippen LogP contribution in [-0.4, -0.2) is 29.4 Å². The topological polar surface area (TPSA) is 112 Å². The van der Waals surface area contributed by atoms with Crippen LogP contribution >= 0.6 is 0 Å². The average molecular weight is 438 g/mol. The molecule has 8 nitrogen and oxygen atoms in total. The highest BCUT2D eigenvalue weighted by atomic mass is 16.3. The zero-order valence-corrected chi connectivity index (χ0v) is 18.1. The number of fused-ring (bicyclic) bond motifs is 2. The molecule has 0 unspecified atom stereocenters. The lowest BCUT2D eigenvalue weighted by atomic mass is 10.1. The maximum Gasteiger partial charge on any atom is 0.259 e. The van der Waals surface area contributed by atoms with Gasteiger partial charge < -0.3 is 15.4 Å². The minimum Gasteiger partial charge on any atom is -0.508 e. The van der Waals surface area contributed by atoms with Crippen molar-refractivity contribution >= 4 is 27.6 Å². The molecule has 2 aromatic carbocycles. The van der Waals surface area contributed by atoms with E-state index in [0.29, 0.717) is 34.7 Å². The summed E-state index contributed by atoms with van der Waals surface area (Å²) in [5.41, 5.74) is 10.0. The van der Waals surface area contributed by atoms with Crippen molar-refractivity contribution in [1.82, 2.24) is 24.3 Å². The predicted molar refractivity (Wildman–Crippen MR) is 127 cm³/mol. The molecule has 0 saturated heterocycles. The summed E-state index contributed by atoms with van der Waals surface area (Å²) in [5, 5.41) is 17.1. The van der Waals surface area contributed by atoms with Gasteiger partial charge in [-0.3, -0.25) is 4.79 Å². The molecule has 0 bridgehead atoms. The number of aryl methyl sites for hydroxylation is 1. The molecule has 3 N–H and O–H groups in total. The van der Waals surface area contributed by atoms with Gasteiger partial charge in [-0.15, -0.1) is 0 Å². The number of pyridine rings is 1. The molecule has 8 heteroatoms. The number of phenolic OH excluding ortho intramolecular Hbond substituents is 1. The number of hydrogen-bond donors (Lipinski definition) is 2. The third-order valence-corrected chi connectivity index (χ3v) is 6.27. The average Bonchev–Trinajstić information content (AvgIpc) is 3.55. The Kier molecular flexibility index (Phi) is 4.23. The van der Waals surface area contributed by atoms with Crippen LogP contribution in [0.2, 0.25) is 0 Å². The Hall–Kier alpha value is -4.20. The second-order valence-electron chi connectivity index (χ2n) is 8.60. The lowest BCUT2D eigenvalue weighted by Crippen LogP contribution is -2.25. The third-order valence-electron chi connectivity index (χ3n) is 6.27. The lowest BCUT2D eigenvalue weighted by molar-refractivity contribution is 0.475. The van der Waals surface area contributed by atoms with E-state index in [1.54, 1.807) is 22.9 Å². The molecule has 164 valence electrons. The SMILES string of the molecule is Cc1cccc2cc(Cn3nc(-c4cccc(O)c4)c4c(N)ncnc43)n(C3CC3)c(=O)c12. The Balaban J connectivity index is 1.57. The number of aromatic nitrogens is 5. The van der Waals surface area contributed by atoms with Gasteiger partial charge in [0.25, 0.3) is 5.56 Å². The zero-order chi connectivity index (χ0) is 22.7. The fourth-order valence-corrected chi connectivity index (χ4v) is 4.61. The van der Waals surface area contributed by atoms with Crippen LogP contribution in [0.1, 0.15) is 30.1 Å². The Morgan fingerprint density at radius 1 is 1.09 bits per heavy atom. The van der Waals surface area contributed by atoms with Crippen molar-refractivity contribution < 1.29 is 5.11 Å². The van der Waals surface area contributed by atoms with Crippen molar-refractivity contribution in [3.63, 3.8) is 0 Å². The van der Waals surface area contributed by atoms with Crippen molar-refractivity contribution in [2.24, 2.45) is 0 Å². The van der Waals surface area contributed by atoms with E-state index in [9.17, 15) is 9.90 Å². The quantitative estimate of drug-likeness (QED) is 0.442. The van der Waals surface area contributed by atoms with E-state index in [4.69, 9.17) is 10.8 Å². The number of nitrogen functional groups attached to an aromatic ring is 1. The predicted octanol–water partition coefficient (Wildman–Crippen LogP) is 3.79. The van der Waals surface area contributed by atoms with E-state index in [1.165, 1.54) is 6.33 Å². The zero-order valence-electron chi connectivity index (χ0n) is 18.1. The van der Waals surface area contributed by atoms with Gasteiger partial charge in [-0.2, -0.15) is 5.10 Å². The molecule has 0 radical (unpaired) electrons. The third kappa shape index (κ3) is 3.14. The van der Waals surface area contributed by atoms with E-state index in [1.807, 2.05) is 35.8 Å². The minimum absolute atomic E-state index is 0.0434. The van der Waals surface area contributed by atoms with Crippen LogP contribution in [0.5, 0.6) is 5.75 Å². The highest BCUT2D eigenvalue weighted by Gasteiger charge is 2.28. The van der Waals surface area contributed by atoms with Crippen molar-refractivity contribution in [2.75, 3.05) is 5.73 Å². The van der Waals surface area contributed by atoms with Gasteiger partial charge in [-0.25, -0.2) is 14.6 Å². The number of anilines is 1. The molecule has 1 aliphatic carbocycles. The normalized spacial score (nSPS) is 13.7. The summed E-state index contributed by atoms with van der Waals surface area (Å²) < 4.78 is 3.68. The van der Waals surface area contributed by atoms with Crippen molar-refractivity contribution in [1.29, 1.82) is 0 Å². The maximum atomic E-state index is 13.5. The molecule has 1 saturated carbocycles. The molecular formula is C25H22N6O2. The number of nitrogens with two attached hydrogens (primary N) is 1. The molecule has 0 spiro atoms. The van der Waals surface area contributed by atoms with Crippen LogP contribution in [0.3, 0.4) is 0 Å². The van der Waals surface area contributed by atoms with Crippen LogP contribution in [0.25, 0.3) is 33.1 Å². The second kappa shape index (κ2) is 7.16. The summed E-state index contributed by atoms with van der Waals surface area (Å²) in [7, 11) is 0. The van der Waals surface area contributed by atoms with E-state index in [2.05, 4.69) is 16.0 Å². The van der Waals surface area contributed by atoms with Crippen molar-refractivity contribution in [3.8, 4) is 17.0 Å². The smallest absolute Gasteiger partial charge is 0.259 e. The molecule has 3 aromatic heterocycles. The number of rotatable bonds is 4. The van der Waals surface area contributed by atoms with Gasteiger partial charge in [0, 0.05) is 17.3 Å². The standard InChI is InChI=1S/C25H22N6O2/c1-14-4-2-5-15-10-18(31(17-8-9-17)25(33)20(14)15)12-30-24-21(23(26)27-13-28-24)22(29-30)16-6-3-7-19(32)11-16/h2-7,10-11,13,17,32H,8-9,12H2,1H3,(H2,26,27,28). The first-order chi connectivity index (χ1) is 16.0. The van der Waals surface area contributed by atoms with E-state index >= 15 is 0 Å². The molecular weight excluding hydrogens is 416 g/mol. The Labute approximate surface area is 188 Å². The summed E-state index contributed by atoms with van der Waals surface area (Å²) in [6.07, 6.45) is 3.40. The summed E-state index contributed by atoms with van der Waals surface area (Å²) in [4.78, 5) is 22.1. The first-order valence-corrected chi connectivity index (χ1v) is 10.9. The van der Waals surface area contributed by atoms with Crippen molar-refractivity contribution in [3.05, 3.63) is 76.5 Å². The Morgan fingerprint density at radius 3 is 2.70 bits per heavy atom. The van der Waals surface area contributed by atoms with Crippen molar-refractivity contribution in [2.45, 2.75) is 32.4 Å². The molecule has 1 aliphatic rings. The first kappa shape index (κ1) is 19.5. The van der Waals surface area contributed by atoms with Gasteiger partial charge in [0.05, 0.1) is 17.3 Å². The van der Waals surface area contributed by atoms with E-state index < -0.39 is 0 Å². The van der Waals surface area contributed by atoms with Crippen LogP contribution in [0.4, 0.5) is 5.82 Å². The number of nitrogens with zero attached hydrogens (tertiary/aromatic N) is 5. The van der Waals surface area contributed by atoms with Gasteiger partial charge in [0.1, 0.15) is 23.6 Å². The lowest BCUT2D eigenvalue weighted by Gasteiger charge is -2.15. The first-order valence-electron chi connectivity index (χ1n) is 10.9. The molecule has 0 amide bonds. The summed E-state index contributed by atoms with van der Waals surface area (Å²) >= 11 is 0.